The van der Waals surface area contributed by atoms with Gasteiger partial charge in [-0.3, -0.25) is 10.1 Å². The molecular weight excluding hydrogens is 280 g/mol. The fraction of sp³-hybridized carbons (Fsp3) is 0.308. The second kappa shape index (κ2) is 7.59. The van der Waals surface area contributed by atoms with E-state index in [1.807, 2.05) is 6.07 Å². The summed E-state index contributed by atoms with van der Waals surface area (Å²) in [5, 5.41) is 19.2. The average molecular weight is 292 g/mol. The molecule has 8 heteroatoms. The summed E-state index contributed by atoms with van der Waals surface area (Å²) in [4.78, 5) is 33.3. The molecule has 1 rings (SSSR count). The van der Waals surface area contributed by atoms with Crippen LogP contribution in [0.4, 0.5) is 5.69 Å². The van der Waals surface area contributed by atoms with Crippen molar-refractivity contribution in [3.63, 3.8) is 0 Å². The normalized spacial score (nSPS) is 9.52. The van der Waals surface area contributed by atoms with E-state index in [0.717, 1.165) is 25.3 Å². The van der Waals surface area contributed by atoms with Gasteiger partial charge >= 0.3 is 11.9 Å². The molecule has 0 aliphatic heterocycles. The van der Waals surface area contributed by atoms with Gasteiger partial charge in [-0.1, -0.05) is 0 Å². The van der Waals surface area contributed by atoms with Crippen LogP contribution in [-0.4, -0.2) is 30.6 Å². The van der Waals surface area contributed by atoms with Crippen LogP contribution in [0.2, 0.25) is 0 Å². The van der Waals surface area contributed by atoms with Crippen molar-refractivity contribution in [1.29, 1.82) is 5.26 Å². The predicted molar refractivity (Wildman–Crippen MR) is 69.6 cm³/mol. The summed E-state index contributed by atoms with van der Waals surface area (Å²) < 4.78 is 9.34. The number of esters is 2. The molecule has 0 spiro atoms. The number of methoxy groups -OCH3 is 1. The van der Waals surface area contributed by atoms with Crippen molar-refractivity contribution < 1.29 is 24.0 Å². The third-order valence-corrected chi connectivity index (χ3v) is 2.45. The van der Waals surface area contributed by atoms with Crippen LogP contribution in [0.15, 0.2) is 18.2 Å². The Balaban J connectivity index is 2.97. The van der Waals surface area contributed by atoms with Crippen LogP contribution in [0.3, 0.4) is 0 Å². The Bertz CT molecular complexity index is 605. The number of nitriles is 1. The molecule has 0 radical (unpaired) electrons. The first kappa shape index (κ1) is 16.1. The van der Waals surface area contributed by atoms with Crippen LogP contribution in [0.1, 0.15) is 33.6 Å². The fourth-order valence-corrected chi connectivity index (χ4v) is 1.47. The van der Waals surface area contributed by atoms with Crippen molar-refractivity contribution in [2.45, 2.75) is 12.8 Å². The highest BCUT2D eigenvalue weighted by Crippen LogP contribution is 2.19. The molecule has 21 heavy (non-hydrogen) atoms. The molecule has 0 unspecified atom stereocenters. The van der Waals surface area contributed by atoms with Crippen LogP contribution >= 0.6 is 0 Å². The van der Waals surface area contributed by atoms with Gasteiger partial charge in [0, 0.05) is 18.6 Å². The van der Waals surface area contributed by atoms with E-state index >= 15 is 0 Å². The van der Waals surface area contributed by atoms with Gasteiger partial charge in [-0.2, -0.15) is 5.26 Å². The van der Waals surface area contributed by atoms with Gasteiger partial charge in [0.25, 0.3) is 5.69 Å². The number of rotatable bonds is 6. The number of non-ortho nitro benzene ring substituents is 1. The lowest BCUT2D eigenvalue weighted by Gasteiger charge is -2.05. The SMILES string of the molecule is COC(=O)c1cc(C(=O)OCCCC#N)cc([N+](=O)[O-])c1. The Morgan fingerprint density at radius 2 is 1.90 bits per heavy atom. The number of benzene rings is 1. The second-order valence-electron chi connectivity index (χ2n) is 3.91. The fourth-order valence-electron chi connectivity index (χ4n) is 1.47. The quantitative estimate of drug-likeness (QED) is 0.339. The first-order valence-corrected chi connectivity index (χ1v) is 5.91. The summed E-state index contributed by atoms with van der Waals surface area (Å²) in [7, 11) is 1.13. The standard InChI is InChI=1S/C13H12N2O6/c1-20-12(16)9-6-10(8-11(7-9)15(18)19)13(17)21-5-3-2-4-14/h6-8H,2-3,5H2,1H3. The van der Waals surface area contributed by atoms with E-state index in [9.17, 15) is 19.7 Å². The van der Waals surface area contributed by atoms with E-state index in [1.54, 1.807) is 0 Å². The molecule has 110 valence electrons. The summed E-state index contributed by atoms with van der Waals surface area (Å²) in [6.45, 7) is 0.0165. The maximum absolute atomic E-state index is 11.8. The summed E-state index contributed by atoms with van der Waals surface area (Å²) in [6.07, 6.45) is 0.594. The van der Waals surface area contributed by atoms with Gasteiger partial charge in [-0.15, -0.1) is 0 Å². The highest BCUT2D eigenvalue weighted by atomic mass is 16.6. The highest BCUT2D eigenvalue weighted by molar-refractivity contribution is 5.96. The molecule has 1 aromatic carbocycles. The monoisotopic (exact) mass is 292 g/mol. The molecule has 0 aliphatic rings. The van der Waals surface area contributed by atoms with Gasteiger partial charge in [-0.25, -0.2) is 9.59 Å². The van der Waals surface area contributed by atoms with Crippen molar-refractivity contribution in [3.05, 3.63) is 39.4 Å². The van der Waals surface area contributed by atoms with Crippen LogP contribution in [-0.2, 0) is 9.47 Å². The van der Waals surface area contributed by atoms with Gasteiger partial charge in [0.15, 0.2) is 0 Å². The summed E-state index contributed by atoms with van der Waals surface area (Å²) in [6, 6.07) is 5.08. The number of unbranched alkanes of at least 4 members (excludes halogenated alkanes) is 1. The van der Waals surface area contributed by atoms with Gasteiger partial charge in [0.05, 0.1) is 35.8 Å². The number of nitrogens with zero attached hydrogens (tertiary/aromatic N) is 2. The van der Waals surface area contributed by atoms with Crippen molar-refractivity contribution in [1.82, 2.24) is 0 Å². The van der Waals surface area contributed by atoms with Crippen molar-refractivity contribution in [2.24, 2.45) is 0 Å². The number of hydrogen-bond donors (Lipinski definition) is 0. The minimum atomic E-state index is -0.804. The van der Waals surface area contributed by atoms with Gasteiger partial charge in [0.1, 0.15) is 0 Å². The maximum atomic E-state index is 11.8. The molecule has 0 saturated heterocycles. The first-order valence-electron chi connectivity index (χ1n) is 5.91. The summed E-state index contributed by atoms with van der Waals surface area (Å²) in [5.41, 5.74) is -0.654. The molecule has 0 bridgehead atoms. The smallest absolute Gasteiger partial charge is 0.338 e. The number of ether oxygens (including phenoxy) is 2. The zero-order valence-corrected chi connectivity index (χ0v) is 11.2. The first-order chi connectivity index (χ1) is 9.99. The highest BCUT2D eigenvalue weighted by Gasteiger charge is 2.19. The Labute approximate surface area is 120 Å². The van der Waals surface area contributed by atoms with Crippen LogP contribution in [0.5, 0.6) is 0 Å². The predicted octanol–water partition coefficient (Wildman–Crippen LogP) is 1.84. The Hall–Kier alpha value is -2.95. The summed E-state index contributed by atoms with van der Waals surface area (Å²) in [5.74, 6) is -1.60. The second-order valence-corrected chi connectivity index (χ2v) is 3.91. The number of carbonyl (C=O) groups excluding carboxylic acids is 2. The van der Waals surface area contributed by atoms with Crippen LogP contribution in [0.25, 0.3) is 0 Å². The molecule has 0 atom stereocenters. The van der Waals surface area contributed by atoms with Crippen molar-refractivity contribution in [3.8, 4) is 6.07 Å². The van der Waals surface area contributed by atoms with Crippen molar-refractivity contribution >= 4 is 17.6 Å². The third-order valence-electron chi connectivity index (χ3n) is 2.45. The molecule has 0 N–H and O–H groups in total. The molecule has 8 nitrogen and oxygen atoms in total. The summed E-state index contributed by atoms with van der Waals surface area (Å²) >= 11 is 0. The van der Waals surface area contributed by atoms with E-state index < -0.39 is 22.5 Å². The zero-order chi connectivity index (χ0) is 15.8. The van der Waals surface area contributed by atoms with Gasteiger partial charge in [-0.05, 0) is 12.5 Å². The topological polar surface area (TPSA) is 120 Å². The number of hydrogen-bond acceptors (Lipinski definition) is 7. The van der Waals surface area contributed by atoms with Gasteiger partial charge in [0.2, 0.25) is 0 Å². The lowest BCUT2D eigenvalue weighted by Crippen LogP contribution is -2.10. The molecule has 0 aromatic heterocycles. The molecule has 0 amide bonds. The molecule has 1 aromatic rings. The molecule has 0 aliphatic carbocycles. The van der Waals surface area contributed by atoms with Crippen LogP contribution in [0, 0.1) is 21.4 Å². The number of nitro benzene ring substituents is 1. The third kappa shape index (κ3) is 4.58. The zero-order valence-electron chi connectivity index (χ0n) is 11.2. The Morgan fingerprint density at radius 3 is 2.43 bits per heavy atom. The average Bonchev–Trinajstić information content (AvgIpc) is 2.49. The van der Waals surface area contributed by atoms with E-state index in [4.69, 9.17) is 10.00 Å². The molecule has 0 fully saturated rings. The van der Waals surface area contributed by atoms with Crippen molar-refractivity contribution in [2.75, 3.05) is 13.7 Å². The maximum Gasteiger partial charge on any atom is 0.338 e. The molecule has 0 heterocycles. The largest absolute Gasteiger partial charge is 0.465 e. The minimum Gasteiger partial charge on any atom is -0.465 e. The van der Waals surface area contributed by atoms with E-state index in [0.29, 0.717) is 6.42 Å². The number of nitro groups is 1. The molecule has 0 saturated carbocycles. The Morgan fingerprint density at radius 1 is 1.29 bits per heavy atom. The van der Waals surface area contributed by atoms with E-state index in [2.05, 4.69) is 4.74 Å². The number of carbonyl (C=O) groups is 2. The molecular formula is C13H12N2O6. The lowest BCUT2D eigenvalue weighted by atomic mass is 10.1. The lowest BCUT2D eigenvalue weighted by molar-refractivity contribution is -0.384. The van der Waals surface area contributed by atoms with Crippen LogP contribution < -0.4 is 0 Å². The Kier molecular flexibility index (Phi) is 5.82. The van der Waals surface area contributed by atoms with E-state index in [1.165, 1.54) is 0 Å². The van der Waals surface area contributed by atoms with E-state index in [-0.39, 0.29) is 24.2 Å². The van der Waals surface area contributed by atoms with Gasteiger partial charge < -0.3 is 9.47 Å². The minimum absolute atomic E-state index is 0.0165.